The Morgan fingerprint density at radius 1 is 1.32 bits per heavy atom. The lowest BCUT2D eigenvalue weighted by molar-refractivity contribution is 0.418. The average molecular weight is 349 g/mol. The number of halogens is 1. The standard InChI is InChI=1S/C19H22FN5.5H2/c1-3-5-13-11-25(10-12(13)2)16-8-7-15(20)18(22-16)17-14-6-4-9-21-19(14)24-23-17;;;;;/h4,6-9,12-13H,3,5,10-11H2,1-2H3,(H,21,23,24);5*1H/t12-,13-;;;;;/m0...../s1. The Labute approximate surface area is 153 Å². The number of hydrogen-bond donors (Lipinski definition) is 1. The van der Waals surface area contributed by atoms with Crippen LogP contribution in [0.2, 0.25) is 0 Å². The van der Waals surface area contributed by atoms with Gasteiger partial charge in [-0.15, -0.1) is 0 Å². The van der Waals surface area contributed by atoms with Crippen LogP contribution in [0.4, 0.5) is 10.2 Å². The van der Waals surface area contributed by atoms with E-state index in [0.29, 0.717) is 28.9 Å². The van der Waals surface area contributed by atoms with Gasteiger partial charge in [0, 0.05) is 31.8 Å². The molecule has 5 nitrogen and oxygen atoms in total. The maximum absolute atomic E-state index is 14.5. The molecule has 0 aliphatic carbocycles. The molecule has 3 aromatic rings. The van der Waals surface area contributed by atoms with Crippen LogP contribution in [0.15, 0.2) is 30.5 Å². The summed E-state index contributed by atoms with van der Waals surface area (Å²) in [5, 5.41) is 7.83. The molecule has 1 fully saturated rings. The molecule has 3 aromatic heterocycles. The molecule has 2 atom stereocenters. The largest absolute Gasteiger partial charge is 0.356 e. The van der Waals surface area contributed by atoms with Crippen LogP contribution in [-0.4, -0.2) is 33.3 Å². The fraction of sp³-hybridized carbons (Fsp3) is 0.421. The number of rotatable bonds is 4. The lowest BCUT2D eigenvalue weighted by Gasteiger charge is -2.18. The molecule has 0 aromatic carbocycles. The number of nitrogens with one attached hydrogen (secondary N) is 1. The second kappa shape index (κ2) is 6.43. The van der Waals surface area contributed by atoms with Gasteiger partial charge in [-0.05, 0) is 42.5 Å². The number of aromatic nitrogens is 4. The molecule has 1 aliphatic rings. The summed E-state index contributed by atoms with van der Waals surface area (Å²) in [6.07, 6.45) is 4.09. The van der Waals surface area contributed by atoms with Crippen molar-refractivity contribution in [3.63, 3.8) is 0 Å². The predicted molar refractivity (Wildman–Crippen MR) is 107 cm³/mol. The Morgan fingerprint density at radius 2 is 2.20 bits per heavy atom. The first kappa shape index (κ1) is 16.0. The van der Waals surface area contributed by atoms with Crippen molar-refractivity contribution >= 4 is 16.9 Å². The maximum atomic E-state index is 14.5. The second-order valence-corrected chi connectivity index (χ2v) is 6.90. The summed E-state index contributed by atoms with van der Waals surface area (Å²) >= 11 is 0. The number of aromatic amines is 1. The fourth-order valence-electron chi connectivity index (χ4n) is 3.78. The summed E-state index contributed by atoms with van der Waals surface area (Å²) in [6.45, 7) is 6.46. The van der Waals surface area contributed by atoms with Crippen LogP contribution in [0, 0.1) is 17.7 Å². The summed E-state index contributed by atoms with van der Waals surface area (Å²) in [5.74, 6) is 1.79. The zero-order valence-electron chi connectivity index (χ0n) is 14.5. The first-order valence-electron chi connectivity index (χ1n) is 8.88. The summed E-state index contributed by atoms with van der Waals surface area (Å²) in [5.41, 5.74) is 1.46. The maximum Gasteiger partial charge on any atom is 0.181 e. The van der Waals surface area contributed by atoms with Crippen LogP contribution in [0.25, 0.3) is 22.4 Å². The fourth-order valence-corrected chi connectivity index (χ4v) is 3.78. The van der Waals surface area contributed by atoms with Crippen molar-refractivity contribution in [3.05, 3.63) is 36.3 Å². The van der Waals surface area contributed by atoms with E-state index in [1.807, 2.05) is 12.1 Å². The highest BCUT2D eigenvalue weighted by atomic mass is 19.1. The van der Waals surface area contributed by atoms with Crippen LogP contribution in [0.1, 0.15) is 33.8 Å². The van der Waals surface area contributed by atoms with Gasteiger partial charge >= 0.3 is 0 Å². The molecule has 4 heterocycles. The minimum atomic E-state index is -0.351. The summed E-state index contributed by atoms with van der Waals surface area (Å²) in [7, 11) is 0. The first-order chi connectivity index (χ1) is 12.2. The van der Waals surface area contributed by atoms with Crippen LogP contribution in [-0.2, 0) is 0 Å². The van der Waals surface area contributed by atoms with Gasteiger partial charge < -0.3 is 4.90 Å². The highest BCUT2D eigenvalue weighted by Gasteiger charge is 2.30. The summed E-state index contributed by atoms with van der Waals surface area (Å²) in [4.78, 5) is 11.1. The molecule has 0 amide bonds. The Hall–Kier alpha value is -2.50. The van der Waals surface area contributed by atoms with E-state index in [1.165, 1.54) is 18.9 Å². The monoisotopic (exact) mass is 349 g/mol. The third-order valence-electron chi connectivity index (χ3n) is 5.15. The van der Waals surface area contributed by atoms with Gasteiger partial charge in [-0.3, -0.25) is 5.10 Å². The molecule has 1 saturated heterocycles. The third kappa shape index (κ3) is 2.86. The van der Waals surface area contributed by atoms with Gasteiger partial charge in [0.25, 0.3) is 0 Å². The van der Waals surface area contributed by atoms with E-state index in [-0.39, 0.29) is 13.0 Å². The molecule has 140 valence electrons. The topological polar surface area (TPSA) is 57.7 Å². The number of anilines is 1. The van der Waals surface area contributed by atoms with Crippen molar-refractivity contribution in [2.45, 2.75) is 26.7 Å². The molecule has 6 heteroatoms. The van der Waals surface area contributed by atoms with Crippen LogP contribution >= 0.6 is 0 Å². The molecule has 4 rings (SSSR count). The lowest BCUT2D eigenvalue weighted by atomic mass is 9.94. The Balaban J connectivity index is 0. The zero-order valence-corrected chi connectivity index (χ0v) is 14.5. The van der Waals surface area contributed by atoms with Gasteiger partial charge in [0.05, 0.1) is 5.69 Å². The van der Waals surface area contributed by atoms with Crippen molar-refractivity contribution in [3.8, 4) is 11.4 Å². The summed E-state index contributed by atoms with van der Waals surface area (Å²) < 4.78 is 14.5. The van der Waals surface area contributed by atoms with Gasteiger partial charge in [-0.25, -0.2) is 14.4 Å². The number of H-pyrrole nitrogens is 1. The first-order valence-corrected chi connectivity index (χ1v) is 8.88. The van der Waals surface area contributed by atoms with E-state index in [2.05, 4.69) is 38.9 Å². The highest BCUT2D eigenvalue weighted by Crippen LogP contribution is 2.32. The Bertz CT molecular complexity index is 910. The molecular formula is C19H32FN5. The van der Waals surface area contributed by atoms with Crippen molar-refractivity contribution in [1.82, 2.24) is 20.2 Å². The van der Waals surface area contributed by atoms with E-state index in [4.69, 9.17) is 0 Å². The molecule has 1 aliphatic heterocycles. The van der Waals surface area contributed by atoms with Crippen molar-refractivity contribution in [1.29, 1.82) is 0 Å². The molecule has 25 heavy (non-hydrogen) atoms. The second-order valence-electron chi connectivity index (χ2n) is 6.90. The Kier molecular flexibility index (Phi) is 4.11. The van der Waals surface area contributed by atoms with E-state index in [1.54, 1.807) is 12.3 Å². The minimum Gasteiger partial charge on any atom is -0.356 e. The lowest BCUT2D eigenvalue weighted by Crippen LogP contribution is -2.21. The minimum absolute atomic E-state index is 0. The van der Waals surface area contributed by atoms with E-state index < -0.39 is 0 Å². The smallest absolute Gasteiger partial charge is 0.181 e. The third-order valence-corrected chi connectivity index (χ3v) is 5.15. The van der Waals surface area contributed by atoms with Gasteiger partial charge in [0.15, 0.2) is 11.5 Å². The number of pyridine rings is 2. The molecule has 0 bridgehead atoms. The van der Waals surface area contributed by atoms with Crippen molar-refractivity contribution in [2.75, 3.05) is 18.0 Å². The number of fused-ring (bicyclic) bond motifs is 1. The SMILES string of the molecule is CCC[C@H]1CN(c2ccc(F)c(-c3[nH]nc4ncccc34)n2)C[C@@H]1C.[HH].[HH].[HH].[HH].[HH]. The molecule has 0 unspecified atom stereocenters. The van der Waals surface area contributed by atoms with Gasteiger partial charge in [-0.2, -0.15) is 5.10 Å². The quantitative estimate of drug-likeness (QED) is 0.698. The predicted octanol–water partition coefficient (Wildman–Crippen LogP) is 5.26. The van der Waals surface area contributed by atoms with Gasteiger partial charge in [-0.1, -0.05) is 20.3 Å². The van der Waals surface area contributed by atoms with E-state index >= 15 is 0 Å². The van der Waals surface area contributed by atoms with Crippen LogP contribution in [0.5, 0.6) is 0 Å². The summed E-state index contributed by atoms with van der Waals surface area (Å²) in [6, 6.07) is 6.97. The van der Waals surface area contributed by atoms with Gasteiger partial charge in [0.1, 0.15) is 11.5 Å². The van der Waals surface area contributed by atoms with E-state index in [0.717, 1.165) is 24.3 Å². The molecule has 1 N–H and O–H groups in total. The van der Waals surface area contributed by atoms with E-state index in [9.17, 15) is 4.39 Å². The van der Waals surface area contributed by atoms with Crippen LogP contribution < -0.4 is 4.90 Å². The Morgan fingerprint density at radius 3 is 3.04 bits per heavy atom. The highest BCUT2D eigenvalue weighted by molar-refractivity contribution is 5.89. The number of hydrogen-bond acceptors (Lipinski definition) is 4. The van der Waals surface area contributed by atoms with Crippen LogP contribution in [0.3, 0.4) is 0 Å². The van der Waals surface area contributed by atoms with Crippen molar-refractivity contribution in [2.24, 2.45) is 11.8 Å². The number of nitrogens with zero attached hydrogens (tertiary/aromatic N) is 4. The van der Waals surface area contributed by atoms with Gasteiger partial charge in [0.2, 0.25) is 0 Å². The molecule has 0 radical (unpaired) electrons. The zero-order chi connectivity index (χ0) is 17.4. The average Bonchev–Trinajstić information content (AvgIpc) is 3.20. The molecule has 0 spiro atoms. The molecular weight excluding hydrogens is 317 g/mol. The molecule has 0 saturated carbocycles. The normalized spacial score (nSPS) is 20.5. The van der Waals surface area contributed by atoms with Crippen molar-refractivity contribution < 1.29 is 11.5 Å².